The van der Waals surface area contributed by atoms with Crippen LogP contribution < -0.4 is 9.46 Å². The molecule has 0 unspecified atom stereocenters. The van der Waals surface area contributed by atoms with Crippen molar-refractivity contribution < 1.29 is 22.7 Å². The van der Waals surface area contributed by atoms with Crippen LogP contribution in [0.3, 0.4) is 0 Å². The minimum Gasteiger partial charge on any atom is -0.487 e. The molecule has 0 saturated heterocycles. The number of hydrogen-bond donors (Lipinski definition) is 1. The number of carbonyl (C=O) groups is 2. The molecule has 1 amide bonds. The summed E-state index contributed by atoms with van der Waals surface area (Å²) in [7, 11) is -3.89. The molecule has 4 aromatic rings. The van der Waals surface area contributed by atoms with Crippen LogP contribution in [0, 0.1) is 0 Å². The van der Waals surface area contributed by atoms with E-state index in [9.17, 15) is 18.0 Å². The van der Waals surface area contributed by atoms with E-state index in [1.54, 1.807) is 54.6 Å². The minimum absolute atomic E-state index is 0.0417. The largest absolute Gasteiger partial charge is 0.487 e. The predicted molar refractivity (Wildman–Crippen MR) is 133 cm³/mol. The Labute approximate surface area is 208 Å². The van der Waals surface area contributed by atoms with Gasteiger partial charge in [0.15, 0.2) is 5.78 Å². The quantitative estimate of drug-likeness (QED) is 0.329. The number of rotatable bonds is 10. The Hall–Kier alpha value is -4.31. The highest BCUT2D eigenvalue weighted by Gasteiger charge is 2.21. The van der Waals surface area contributed by atoms with Gasteiger partial charge in [-0.15, -0.1) is 5.10 Å². The van der Waals surface area contributed by atoms with Crippen molar-refractivity contribution in [1.29, 1.82) is 0 Å². The first-order valence-corrected chi connectivity index (χ1v) is 12.7. The number of ether oxygens (including phenoxy) is 1. The van der Waals surface area contributed by atoms with Crippen molar-refractivity contribution in [2.75, 3.05) is 0 Å². The van der Waals surface area contributed by atoms with Crippen molar-refractivity contribution in [3.8, 4) is 17.0 Å². The molecule has 0 spiro atoms. The average molecular weight is 505 g/mol. The molecule has 1 heterocycles. The number of sulfonamides is 1. The summed E-state index contributed by atoms with van der Waals surface area (Å²) in [6.07, 6.45) is 0. The van der Waals surface area contributed by atoms with E-state index in [1.165, 1.54) is 11.6 Å². The van der Waals surface area contributed by atoms with Gasteiger partial charge in [-0.2, -0.15) is 0 Å². The van der Waals surface area contributed by atoms with E-state index in [-0.39, 0.29) is 24.7 Å². The first-order valence-electron chi connectivity index (χ1n) is 11.1. The van der Waals surface area contributed by atoms with E-state index in [4.69, 9.17) is 4.74 Å². The smallest absolute Gasteiger partial charge is 0.255 e. The first kappa shape index (κ1) is 24.8. The summed E-state index contributed by atoms with van der Waals surface area (Å²) >= 11 is 0. The van der Waals surface area contributed by atoms with Crippen molar-refractivity contribution in [2.45, 2.75) is 25.8 Å². The van der Waals surface area contributed by atoms with Crippen LogP contribution in [0.1, 0.15) is 28.5 Å². The Morgan fingerprint density at radius 2 is 1.56 bits per heavy atom. The van der Waals surface area contributed by atoms with Gasteiger partial charge in [0.05, 0.1) is 11.4 Å². The van der Waals surface area contributed by atoms with Crippen LogP contribution in [-0.4, -0.2) is 35.1 Å². The van der Waals surface area contributed by atoms with Gasteiger partial charge in [0.1, 0.15) is 24.6 Å². The summed E-state index contributed by atoms with van der Waals surface area (Å²) in [6.45, 7) is 1.19. The number of nitrogens with one attached hydrogen (secondary N) is 1. The monoisotopic (exact) mass is 504 g/mol. The Morgan fingerprint density at radius 1 is 0.917 bits per heavy atom. The van der Waals surface area contributed by atoms with Gasteiger partial charge in [-0.3, -0.25) is 14.3 Å². The number of Topliss-reactive ketones (excluding diaryl/α,β-unsaturated/α-hetero) is 1. The molecule has 0 atom stereocenters. The molecular weight excluding hydrogens is 480 g/mol. The number of hydrogen-bond acceptors (Lipinski definition) is 7. The van der Waals surface area contributed by atoms with Crippen molar-refractivity contribution in [3.05, 3.63) is 102 Å². The zero-order valence-electron chi connectivity index (χ0n) is 19.5. The molecule has 0 bridgehead atoms. The van der Waals surface area contributed by atoms with Gasteiger partial charge < -0.3 is 4.74 Å². The van der Waals surface area contributed by atoms with Gasteiger partial charge in [-0.1, -0.05) is 65.9 Å². The molecule has 0 saturated carbocycles. The maximum atomic E-state index is 12.6. The normalized spacial score (nSPS) is 11.1. The molecule has 0 aliphatic heterocycles. The third-order valence-electron chi connectivity index (χ3n) is 5.25. The van der Waals surface area contributed by atoms with Crippen LogP contribution in [0.15, 0.2) is 84.9 Å². The van der Waals surface area contributed by atoms with Crippen molar-refractivity contribution in [1.82, 2.24) is 19.7 Å². The molecule has 0 aliphatic carbocycles. The fourth-order valence-corrected chi connectivity index (χ4v) is 4.69. The average Bonchev–Trinajstić information content (AvgIpc) is 3.25. The maximum Gasteiger partial charge on any atom is 0.255 e. The van der Waals surface area contributed by atoms with Crippen LogP contribution in [0.25, 0.3) is 11.3 Å². The molecule has 4 rings (SSSR count). The van der Waals surface area contributed by atoms with E-state index in [0.717, 1.165) is 5.56 Å². The summed E-state index contributed by atoms with van der Waals surface area (Å²) in [5.74, 6) is -0.553. The molecule has 9 nitrogen and oxygen atoms in total. The Kier molecular flexibility index (Phi) is 7.55. The van der Waals surface area contributed by atoms with Crippen LogP contribution in [0.2, 0.25) is 0 Å². The summed E-state index contributed by atoms with van der Waals surface area (Å²) in [5.41, 5.74) is 2.89. The Bertz CT molecular complexity index is 1450. The molecule has 36 heavy (non-hydrogen) atoms. The minimum atomic E-state index is -3.89. The van der Waals surface area contributed by atoms with Crippen LogP contribution in [-0.2, 0) is 33.7 Å². The van der Waals surface area contributed by atoms with Crippen molar-refractivity contribution in [2.24, 2.45) is 0 Å². The van der Waals surface area contributed by atoms with Gasteiger partial charge in [-0.05, 0) is 36.8 Å². The number of amides is 1. The standard InChI is InChI=1S/C26H24N4O5S/c1-19(31)21-12-14-23(15-13-21)35-17-24-26(22-10-6-3-7-11-22)30(29-27-24)16-25(32)28-36(33,34)18-20-8-4-2-5-9-20/h2-15H,16-18H2,1H3,(H,28,32). The predicted octanol–water partition coefficient (Wildman–Crippen LogP) is 3.37. The topological polar surface area (TPSA) is 120 Å². The SMILES string of the molecule is CC(=O)c1ccc(OCc2nnn(CC(=O)NS(=O)(=O)Cc3ccccc3)c2-c2ccccc2)cc1. The lowest BCUT2D eigenvalue weighted by atomic mass is 10.1. The molecule has 3 aromatic carbocycles. The number of nitrogens with zero attached hydrogens (tertiary/aromatic N) is 3. The molecule has 0 fully saturated rings. The molecule has 1 N–H and O–H groups in total. The van der Waals surface area contributed by atoms with Gasteiger partial charge >= 0.3 is 0 Å². The fraction of sp³-hybridized carbons (Fsp3) is 0.154. The second-order valence-corrected chi connectivity index (χ2v) is 9.77. The molecule has 1 aromatic heterocycles. The molecule has 184 valence electrons. The lowest BCUT2D eigenvalue weighted by molar-refractivity contribution is -0.120. The number of carbonyl (C=O) groups excluding carboxylic acids is 2. The highest BCUT2D eigenvalue weighted by Crippen LogP contribution is 2.24. The van der Waals surface area contributed by atoms with Gasteiger partial charge in [0.25, 0.3) is 5.91 Å². The Balaban J connectivity index is 1.51. The Morgan fingerprint density at radius 3 is 2.19 bits per heavy atom. The maximum absolute atomic E-state index is 12.6. The van der Waals surface area contributed by atoms with E-state index in [0.29, 0.717) is 28.3 Å². The number of aromatic nitrogens is 3. The summed E-state index contributed by atoms with van der Waals surface area (Å²) < 4.78 is 34.2. The number of ketones is 1. The summed E-state index contributed by atoms with van der Waals surface area (Å²) in [5, 5.41) is 8.26. The van der Waals surface area contributed by atoms with E-state index >= 15 is 0 Å². The van der Waals surface area contributed by atoms with E-state index in [1.807, 2.05) is 30.3 Å². The lowest BCUT2D eigenvalue weighted by Gasteiger charge is -2.11. The molecule has 0 aliphatic rings. The van der Waals surface area contributed by atoms with Crippen LogP contribution in [0.5, 0.6) is 5.75 Å². The summed E-state index contributed by atoms with van der Waals surface area (Å²) in [6, 6.07) is 24.5. The molecule has 0 radical (unpaired) electrons. The van der Waals surface area contributed by atoms with Crippen molar-refractivity contribution in [3.63, 3.8) is 0 Å². The van der Waals surface area contributed by atoms with Crippen LogP contribution in [0.4, 0.5) is 0 Å². The van der Waals surface area contributed by atoms with E-state index in [2.05, 4.69) is 15.0 Å². The van der Waals surface area contributed by atoms with Crippen molar-refractivity contribution >= 4 is 21.7 Å². The van der Waals surface area contributed by atoms with Gasteiger partial charge in [0, 0.05) is 11.1 Å². The second-order valence-electron chi connectivity index (χ2n) is 8.05. The van der Waals surface area contributed by atoms with E-state index < -0.39 is 15.9 Å². The highest BCUT2D eigenvalue weighted by atomic mass is 32.2. The number of benzene rings is 3. The summed E-state index contributed by atoms with van der Waals surface area (Å²) in [4.78, 5) is 24.1. The first-order chi connectivity index (χ1) is 17.3. The highest BCUT2D eigenvalue weighted by molar-refractivity contribution is 7.89. The third kappa shape index (κ3) is 6.42. The lowest BCUT2D eigenvalue weighted by Crippen LogP contribution is -2.34. The van der Waals surface area contributed by atoms with Crippen LogP contribution >= 0.6 is 0 Å². The molecule has 10 heteroatoms. The second kappa shape index (κ2) is 11.0. The van der Waals surface area contributed by atoms with Gasteiger partial charge in [0.2, 0.25) is 10.0 Å². The zero-order chi connectivity index (χ0) is 25.5. The molecular formula is C26H24N4O5S. The zero-order valence-corrected chi connectivity index (χ0v) is 20.3. The van der Waals surface area contributed by atoms with Gasteiger partial charge in [-0.25, -0.2) is 13.1 Å². The third-order valence-corrected chi connectivity index (χ3v) is 6.50. The fourth-order valence-electron chi connectivity index (χ4n) is 3.58.